The average molecular weight is 299 g/mol. The Morgan fingerprint density at radius 1 is 1.29 bits per heavy atom. The molecule has 1 aliphatic rings. The fraction of sp³-hybridized carbons (Fsp3) is 0.312. The standard InChI is InChI=1S/C16H15ClN4/c1-10-6-14(10)16(11-2-4-12(17)5-3-11)21-15-9-19-13(7-18)8-20-15/h2-5,8-10,14,16H,6H2,1H3,(H,20,21). The van der Waals surface area contributed by atoms with Gasteiger partial charge < -0.3 is 5.32 Å². The number of aromatic nitrogens is 2. The number of nitrogens with one attached hydrogen (secondary N) is 1. The van der Waals surface area contributed by atoms with Crippen molar-refractivity contribution in [2.45, 2.75) is 19.4 Å². The van der Waals surface area contributed by atoms with E-state index in [0.29, 0.717) is 23.3 Å². The molecule has 1 heterocycles. The number of halogens is 1. The van der Waals surface area contributed by atoms with E-state index in [1.54, 1.807) is 6.20 Å². The molecule has 1 aromatic heterocycles. The molecule has 21 heavy (non-hydrogen) atoms. The van der Waals surface area contributed by atoms with Crippen LogP contribution in [0.25, 0.3) is 0 Å². The van der Waals surface area contributed by atoms with Crippen LogP contribution in [0.5, 0.6) is 0 Å². The van der Waals surface area contributed by atoms with Crippen LogP contribution in [-0.2, 0) is 0 Å². The normalized spacial score (nSPS) is 21.4. The second-order valence-corrected chi connectivity index (χ2v) is 5.89. The van der Waals surface area contributed by atoms with Crippen LogP contribution >= 0.6 is 11.6 Å². The monoisotopic (exact) mass is 298 g/mol. The average Bonchev–Trinajstić information content (AvgIpc) is 3.23. The Labute approximate surface area is 128 Å². The summed E-state index contributed by atoms with van der Waals surface area (Å²) < 4.78 is 0. The zero-order valence-electron chi connectivity index (χ0n) is 11.6. The topological polar surface area (TPSA) is 61.6 Å². The van der Waals surface area contributed by atoms with Crippen LogP contribution in [0.3, 0.4) is 0 Å². The van der Waals surface area contributed by atoms with E-state index in [0.717, 1.165) is 5.02 Å². The maximum atomic E-state index is 8.76. The molecule has 1 fully saturated rings. The predicted octanol–water partition coefficient (Wildman–Crippen LogP) is 3.81. The minimum atomic E-state index is 0.194. The lowest BCUT2D eigenvalue weighted by molar-refractivity contribution is 0.628. The Balaban J connectivity index is 1.82. The molecule has 0 bridgehead atoms. The van der Waals surface area contributed by atoms with Crippen LogP contribution < -0.4 is 5.32 Å². The summed E-state index contributed by atoms with van der Waals surface area (Å²) in [6.45, 7) is 2.25. The van der Waals surface area contributed by atoms with Crippen molar-refractivity contribution in [1.82, 2.24) is 9.97 Å². The minimum absolute atomic E-state index is 0.194. The first-order chi connectivity index (χ1) is 10.2. The molecule has 1 aliphatic carbocycles. The van der Waals surface area contributed by atoms with Gasteiger partial charge in [0.25, 0.3) is 0 Å². The van der Waals surface area contributed by atoms with Gasteiger partial charge in [0.15, 0.2) is 5.69 Å². The van der Waals surface area contributed by atoms with Crippen LogP contribution in [0.15, 0.2) is 36.7 Å². The molecule has 5 heteroatoms. The summed E-state index contributed by atoms with van der Waals surface area (Å²) in [4.78, 5) is 8.29. The Hall–Kier alpha value is -2.12. The molecule has 1 N–H and O–H groups in total. The fourth-order valence-corrected chi connectivity index (χ4v) is 2.67. The SMILES string of the molecule is CC1CC1C(Nc1cnc(C#N)cn1)c1ccc(Cl)cc1. The molecular weight excluding hydrogens is 284 g/mol. The Kier molecular flexibility index (Phi) is 3.76. The molecule has 0 aliphatic heterocycles. The maximum Gasteiger partial charge on any atom is 0.158 e. The second-order valence-electron chi connectivity index (χ2n) is 5.45. The lowest BCUT2D eigenvalue weighted by Crippen LogP contribution is -2.15. The zero-order valence-corrected chi connectivity index (χ0v) is 12.4. The molecular formula is C16H15ClN4. The van der Waals surface area contributed by atoms with Gasteiger partial charge in [-0.05, 0) is 36.0 Å². The fourth-order valence-electron chi connectivity index (χ4n) is 2.54. The molecule has 3 rings (SSSR count). The van der Waals surface area contributed by atoms with Crippen molar-refractivity contribution >= 4 is 17.4 Å². The van der Waals surface area contributed by atoms with Crippen molar-refractivity contribution in [3.8, 4) is 6.07 Å². The van der Waals surface area contributed by atoms with Gasteiger partial charge in [-0.3, -0.25) is 0 Å². The predicted molar refractivity (Wildman–Crippen MR) is 81.8 cm³/mol. The highest BCUT2D eigenvalue weighted by Gasteiger charge is 2.40. The second kappa shape index (κ2) is 5.71. The van der Waals surface area contributed by atoms with Crippen LogP contribution in [0.4, 0.5) is 5.82 Å². The van der Waals surface area contributed by atoms with Crippen molar-refractivity contribution in [2.75, 3.05) is 5.32 Å². The molecule has 3 atom stereocenters. The van der Waals surface area contributed by atoms with Gasteiger partial charge in [0.05, 0.1) is 18.4 Å². The van der Waals surface area contributed by atoms with Crippen molar-refractivity contribution in [3.63, 3.8) is 0 Å². The number of anilines is 1. The van der Waals surface area contributed by atoms with E-state index < -0.39 is 0 Å². The van der Waals surface area contributed by atoms with E-state index in [4.69, 9.17) is 16.9 Å². The quantitative estimate of drug-likeness (QED) is 0.932. The number of benzene rings is 1. The van der Waals surface area contributed by atoms with Crippen LogP contribution in [0, 0.1) is 23.2 Å². The Morgan fingerprint density at radius 3 is 2.52 bits per heavy atom. The van der Waals surface area contributed by atoms with Crippen LogP contribution in [-0.4, -0.2) is 9.97 Å². The molecule has 3 unspecified atom stereocenters. The first-order valence-corrected chi connectivity index (χ1v) is 7.29. The summed E-state index contributed by atoms with van der Waals surface area (Å²) in [6, 6.07) is 10.1. The third-order valence-electron chi connectivity index (χ3n) is 3.90. The zero-order chi connectivity index (χ0) is 14.8. The molecule has 0 amide bonds. The molecule has 4 nitrogen and oxygen atoms in total. The largest absolute Gasteiger partial charge is 0.362 e. The Bertz CT molecular complexity index is 660. The molecule has 0 saturated heterocycles. The third kappa shape index (κ3) is 3.14. The first kappa shape index (κ1) is 13.8. The molecule has 2 aromatic rings. The summed E-state index contributed by atoms with van der Waals surface area (Å²) in [7, 11) is 0. The lowest BCUT2D eigenvalue weighted by atomic mass is 10.0. The highest BCUT2D eigenvalue weighted by molar-refractivity contribution is 6.30. The van der Waals surface area contributed by atoms with Crippen molar-refractivity contribution < 1.29 is 0 Å². The smallest absolute Gasteiger partial charge is 0.158 e. The lowest BCUT2D eigenvalue weighted by Gasteiger charge is -2.20. The van der Waals surface area contributed by atoms with Gasteiger partial charge in [-0.25, -0.2) is 9.97 Å². The molecule has 0 radical (unpaired) electrons. The van der Waals surface area contributed by atoms with Gasteiger partial charge >= 0.3 is 0 Å². The van der Waals surface area contributed by atoms with Crippen LogP contribution in [0.2, 0.25) is 5.02 Å². The van der Waals surface area contributed by atoms with Gasteiger partial charge in [-0.2, -0.15) is 5.26 Å². The van der Waals surface area contributed by atoms with Crippen molar-refractivity contribution in [2.24, 2.45) is 11.8 Å². The van der Waals surface area contributed by atoms with E-state index in [1.807, 2.05) is 30.3 Å². The number of hydrogen-bond acceptors (Lipinski definition) is 4. The molecule has 1 aromatic carbocycles. The third-order valence-corrected chi connectivity index (χ3v) is 4.15. The number of hydrogen-bond donors (Lipinski definition) is 1. The van der Waals surface area contributed by atoms with Gasteiger partial charge in [-0.1, -0.05) is 30.7 Å². The van der Waals surface area contributed by atoms with Crippen molar-refractivity contribution in [1.29, 1.82) is 5.26 Å². The summed E-state index contributed by atoms with van der Waals surface area (Å²) in [5.74, 6) is 1.97. The molecule has 106 valence electrons. The summed E-state index contributed by atoms with van der Waals surface area (Å²) in [5.41, 5.74) is 1.52. The number of nitrogens with zero attached hydrogens (tertiary/aromatic N) is 3. The van der Waals surface area contributed by atoms with Gasteiger partial charge in [0, 0.05) is 5.02 Å². The van der Waals surface area contributed by atoms with Gasteiger partial charge in [-0.15, -0.1) is 0 Å². The van der Waals surface area contributed by atoms with Crippen LogP contribution in [0.1, 0.15) is 30.6 Å². The Morgan fingerprint density at radius 2 is 2.00 bits per heavy atom. The highest BCUT2D eigenvalue weighted by atomic mass is 35.5. The summed E-state index contributed by atoms with van der Waals surface area (Å²) in [5, 5.41) is 12.9. The number of nitriles is 1. The van der Waals surface area contributed by atoms with Gasteiger partial charge in [0.2, 0.25) is 0 Å². The van der Waals surface area contributed by atoms with E-state index in [2.05, 4.69) is 22.2 Å². The molecule has 1 saturated carbocycles. The first-order valence-electron chi connectivity index (χ1n) is 6.91. The highest BCUT2D eigenvalue weighted by Crippen LogP contribution is 2.48. The summed E-state index contributed by atoms with van der Waals surface area (Å²) in [6.07, 6.45) is 4.29. The number of rotatable bonds is 4. The minimum Gasteiger partial charge on any atom is -0.362 e. The van der Waals surface area contributed by atoms with E-state index in [9.17, 15) is 0 Å². The van der Waals surface area contributed by atoms with Crippen molar-refractivity contribution in [3.05, 3.63) is 52.9 Å². The summed E-state index contributed by atoms with van der Waals surface area (Å²) >= 11 is 5.96. The van der Waals surface area contributed by atoms with E-state index in [-0.39, 0.29) is 6.04 Å². The maximum absolute atomic E-state index is 8.76. The van der Waals surface area contributed by atoms with E-state index >= 15 is 0 Å². The molecule has 0 spiro atoms. The van der Waals surface area contributed by atoms with Gasteiger partial charge in [0.1, 0.15) is 11.9 Å². The van der Waals surface area contributed by atoms with E-state index in [1.165, 1.54) is 18.2 Å².